The highest BCUT2D eigenvalue weighted by molar-refractivity contribution is 5.79. The van der Waals surface area contributed by atoms with Crippen LogP contribution in [0.3, 0.4) is 0 Å². The minimum atomic E-state index is -0.814. The number of fused-ring (bicyclic) bond motifs is 3. The average Bonchev–Trinajstić information content (AvgIpc) is 3.40. The Morgan fingerprint density at radius 2 is 2.06 bits per heavy atom. The van der Waals surface area contributed by atoms with Crippen molar-refractivity contribution in [2.75, 3.05) is 6.61 Å². The van der Waals surface area contributed by atoms with Gasteiger partial charge in [-0.1, -0.05) is 0 Å². The summed E-state index contributed by atoms with van der Waals surface area (Å²) in [5.74, 6) is -1.39. The van der Waals surface area contributed by atoms with Crippen LogP contribution < -0.4 is 10.4 Å². The number of hydrogen-bond donors (Lipinski definition) is 0. The van der Waals surface area contributed by atoms with E-state index in [2.05, 4.69) is 21.0 Å². The zero-order chi connectivity index (χ0) is 24.3. The van der Waals surface area contributed by atoms with E-state index in [0.29, 0.717) is 40.7 Å². The molecule has 0 spiro atoms. The molecule has 35 heavy (non-hydrogen) atoms. The van der Waals surface area contributed by atoms with Gasteiger partial charge in [0, 0.05) is 24.6 Å². The van der Waals surface area contributed by atoms with Gasteiger partial charge in [0.25, 0.3) is 0 Å². The first-order valence-corrected chi connectivity index (χ1v) is 11.0. The number of nitriles is 1. The van der Waals surface area contributed by atoms with Crippen LogP contribution in [0.1, 0.15) is 30.5 Å². The molecule has 5 aromatic rings. The third kappa shape index (κ3) is 3.10. The second-order valence-corrected chi connectivity index (χ2v) is 8.16. The van der Waals surface area contributed by atoms with E-state index in [9.17, 15) is 18.8 Å². The molecular weight excluding hydrogens is 456 g/mol. The molecule has 174 valence electrons. The van der Waals surface area contributed by atoms with Crippen LogP contribution in [-0.4, -0.2) is 35.3 Å². The highest BCUT2D eigenvalue weighted by Gasteiger charge is 2.31. The van der Waals surface area contributed by atoms with Crippen molar-refractivity contribution in [3.8, 4) is 17.8 Å². The van der Waals surface area contributed by atoms with Crippen LogP contribution in [0.5, 0.6) is 5.75 Å². The molecule has 0 amide bonds. The molecule has 1 aliphatic rings. The molecular formula is C24H17F2N7O2. The third-order valence-electron chi connectivity index (χ3n) is 6.25. The molecule has 0 fully saturated rings. The van der Waals surface area contributed by atoms with Crippen LogP contribution in [0, 0.1) is 23.0 Å². The molecule has 11 heteroatoms. The van der Waals surface area contributed by atoms with Crippen molar-refractivity contribution in [3.05, 3.63) is 76.1 Å². The molecule has 0 saturated carbocycles. The Morgan fingerprint density at radius 1 is 1.20 bits per heavy atom. The lowest BCUT2D eigenvalue weighted by Gasteiger charge is -2.27. The highest BCUT2D eigenvalue weighted by atomic mass is 19.1. The van der Waals surface area contributed by atoms with E-state index >= 15 is 0 Å². The van der Waals surface area contributed by atoms with Crippen LogP contribution in [-0.2, 0) is 6.54 Å². The second-order valence-electron chi connectivity index (χ2n) is 8.16. The van der Waals surface area contributed by atoms with E-state index < -0.39 is 17.7 Å². The van der Waals surface area contributed by atoms with Crippen LogP contribution in [0.4, 0.5) is 8.78 Å². The van der Waals surface area contributed by atoms with Gasteiger partial charge in [0.1, 0.15) is 17.7 Å². The zero-order valence-electron chi connectivity index (χ0n) is 18.4. The predicted molar refractivity (Wildman–Crippen MR) is 121 cm³/mol. The van der Waals surface area contributed by atoms with E-state index in [-0.39, 0.29) is 29.6 Å². The van der Waals surface area contributed by atoms with Gasteiger partial charge >= 0.3 is 5.69 Å². The summed E-state index contributed by atoms with van der Waals surface area (Å²) < 4.78 is 38.7. The summed E-state index contributed by atoms with van der Waals surface area (Å²) in [6.07, 6.45) is 3.42. The molecule has 3 aromatic heterocycles. The maximum absolute atomic E-state index is 14.5. The Hall–Kier alpha value is -4.59. The quantitative estimate of drug-likeness (QED) is 0.398. The molecule has 0 unspecified atom stereocenters. The van der Waals surface area contributed by atoms with E-state index in [1.165, 1.54) is 15.2 Å². The lowest BCUT2D eigenvalue weighted by molar-refractivity contribution is 0.242. The fraction of sp³-hybridized carbons (Fsp3) is 0.208. The van der Waals surface area contributed by atoms with Crippen LogP contribution >= 0.6 is 0 Å². The number of aryl methyl sites for hydroxylation is 1. The first-order chi connectivity index (χ1) is 17.0. The summed E-state index contributed by atoms with van der Waals surface area (Å²) in [7, 11) is 0. The Kier molecular flexibility index (Phi) is 4.63. The molecule has 0 bridgehead atoms. The van der Waals surface area contributed by atoms with Gasteiger partial charge in [0.15, 0.2) is 17.2 Å². The van der Waals surface area contributed by atoms with Crippen molar-refractivity contribution < 1.29 is 13.5 Å². The van der Waals surface area contributed by atoms with Gasteiger partial charge in [0.2, 0.25) is 5.95 Å². The molecule has 0 radical (unpaired) electrons. The number of hydrogen-bond acceptors (Lipinski definition) is 6. The summed E-state index contributed by atoms with van der Waals surface area (Å²) >= 11 is 0. The Labute approximate surface area is 196 Å². The van der Waals surface area contributed by atoms with Gasteiger partial charge in [-0.2, -0.15) is 10.2 Å². The standard InChI is InChI=1S/C24H17F2N7O2/c1-2-31-20-11-28-23(32-12-29-17-4-3-13(10-27)7-19(17)32)30-22(20)33(24(31)34)18-5-6-35-21-15(18)8-14(25)9-16(21)26/h3-4,7-9,11-12,18H,2,5-6H2,1H3/t18-/m1/s1. The van der Waals surface area contributed by atoms with Gasteiger partial charge < -0.3 is 4.74 Å². The molecule has 0 saturated heterocycles. The monoisotopic (exact) mass is 473 g/mol. The fourth-order valence-electron chi connectivity index (χ4n) is 4.66. The first-order valence-electron chi connectivity index (χ1n) is 11.0. The molecule has 4 heterocycles. The van der Waals surface area contributed by atoms with Crippen LogP contribution in [0.25, 0.3) is 28.1 Å². The Bertz CT molecular complexity index is 1750. The van der Waals surface area contributed by atoms with Gasteiger partial charge in [0.05, 0.1) is 41.5 Å². The minimum absolute atomic E-state index is 0.0640. The maximum atomic E-state index is 14.5. The van der Waals surface area contributed by atoms with Crippen molar-refractivity contribution in [2.45, 2.75) is 25.9 Å². The Balaban J connectivity index is 1.61. The van der Waals surface area contributed by atoms with Gasteiger partial charge in [-0.25, -0.2) is 23.5 Å². The average molecular weight is 473 g/mol. The molecule has 0 aliphatic carbocycles. The van der Waals surface area contributed by atoms with Crippen molar-refractivity contribution in [1.82, 2.24) is 28.7 Å². The van der Waals surface area contributed by atoms with Gasteiger partial charge in [-0.3, -0.25) is 13.7 Å². The number of imidazole rings is 2. The lowest BCUT2D eigenvalue weighted by Crippen LogP contribution is -2.31. The zero-order valence-corrected chi connectivity index (χ0v) is 18.4. The van der Waals surface area contributed by atoms with Crippen LogP contribution in [0.2, 0.25) is 0 Å². The number of aromatic nitrogens is 6. The SMILES string of the molecule is CCn1c(=O)n([C@@H]2CCOc3c(F)cc(F)cc32)c2nc(-n3cnc4ccc(C#N)cc43)ncc21. The summed E-state index contributed by atoms with van der Waals surface area (Å²) in [4.78, 5) is 27.0. The summed E-state index contributed by atoms with van der Waals surface area (Å²) in [5, 5.41) is 9.28. The van der Waals surface area contributed by atoms with E-state index in [4.69, 9.17) is 4.74 Å². The van der Waals surface area contributed by atoms with E-state index in [1.807, 2.05) is 6.92 Å². The number of rotatable bonds is 3. The van der Waals surface area contributed by atoms with Crippen molar-refractivity contribution in [2.24, 2.45) is 0 Å². The number of benzene rings is 2. The number of nitrogens with zero attached hydrogens (tertiary/aromatic N) is 7. The smallest absolute Gasteiger partial charge is 0.330 e. The van der Waals surface area contributed by atoms with E-state index in [1.54, 1.807) is 35.3 Å². The molecule has 6 rings (SSSR count). The number of ether oxygens (including phenoxy) is 1. The van der Waals surface area contributed by atoms with Crippen molar-refractivity contribution in [1.29, 1.82) is 5.26 Å². The summed E-state index contributed by atoms with van der Waals surface area (Å²) in [6.45, 7) is 2.34. The van der Waals surface area contributed by atoms with Crippen LogP contribution in [0.15, 0.2) is 47.7 Å². The molecule has 9 nitrogen and oxygen atoms in total. The van der Waals surface area contributed by atoms with E-state index in [0.717, 1.165) is 6.07 Å². The number of halogens is 2. The molecule has 1 aliphatic heterocycles. The topological polar surface area (TPSA) is 104 Å². The molecule has 2 aromatic carbocycles. The minimum Gasteiger partial charge on any atom is -0.490 e. The van der Waals surface area contributed by atoms with Crippen molar-refractivity contribution in [3.63, 3.8) is 0 Å². The largest absolute Gasteiger partial charge is 0.490 e. The Morgan fingerprint density at radius 3 is 2.86 bits per heavy atom. The van der Waals surface area contributed by atoms with Gasteiger partial charge in [-0.15, -0.1) is 0 Å². The van der Waals surface area contributed by atoms with Gasteiger partial charge in [-0.05, 0) is 31.2 Å². The third-order valence-corrected chi connectivity index (χ3v) is 6.25. The second kappa shape index (κ2) is 7.73. The highest BCUT2D eigenvalue weighted by Crippen LogP contribution is 2.38. The fourth-order valence-corrected chi connectivity index (χ4v) is 4.66. The lowest BCUT2D eigenvalue weighted by atomic mass is 10.00. The summed E-state index contributed by atoms with van der Waals surface area (Å²) in [6, 6.07) is 8.46. The molecule has 1 atom stereocenters. The predicted octanol–water partition coefficient (Wildman–Crippen LogP) is 3.47. The summed E-state index contributed by atoms with van der Waals surface area (Å²) in [5.41, 5.74) is 2.44. The first kappa shape index (κ1) is 21.0. The van der Waals surface area contributed by atoms with Crippen molar-refractivity contribution >= 4 is 22.2 Å². The maximum Gasteiger partial charge on any atom is 0.330 e. The molecule has 0 N–H and O–H groups in total. The normalized spacial score (nSPS) is 15.2.